The number of benzene rings is 1. The quantitative estimate of drug-likeness (QED) is 0.314. The monoisotopic (exact) mass is 191 g/mol. The molecule has 1 N–H and O–H groups in total. The molecular weight excluding hydrogens is 185 g/mol. The van der Waals surface area contributed by atoms with Gasteiger partial charge in [-0.25, -0.2) is 4.39 Å². The van der Waals surface area contributed by atoms with Crippen molar-refractivity contribution in [1.29, 1.82) is 0 Å². The Balaban J connectivity index is 2.94. The van der Waals surface area contributed by atoms with Gasteiger partial charge in [0, 0.05) is 4.91 Å². The molecule has 0 radical (unpaired) electrons. The lowest BCUT2D eigenvalue weighted by Crippen LogP contribution is -1.83. The number of azide groups is 1. The number of nitrogens with zero attached hydrogens (tertiary/aromatic N) is 3. The van der Waals surface area contributed by atoms with Crippen molar-refractivity contribution in [3.05, 3.63) is 40.0 Å². The molecule has 0 saturated carbocycles. The predicted octanol–water partition coefficient (Wildman–Crippen LogP) is 2.19. The van der Waals surface area contributed by atoms with Crippen molar-refractivity contribution in [2.24, 2.45) is 5.11 Å². The molecule has 0 aliphatic carbocycles. The van der Waals surface area contributed by atoms with Crippen LogP contribution in [0.3, 0.4) is 0 Å². The first-order valence-corrected chi connectivity index (χ1v) is 3.73. The number of hydrogen-bond acceptors (Lipinski definition) is 2. The summed E-state index contributed by atoms with van der Waals surface area (Å²) < 4.78 is 13.0. The van der Waals surface area contributed by atoms with Crippen LogP contribution in [0.4, 0.5) is 4.39 Å². The molecule has 0 fully saturated rings. The summed E-state index contributed by atoms with van der Waals surface area (Å²) in [6.07, 6.45) is 0. The molecule has 0 aliphatic rings. The molecule has 1 aromatic rings. The fourth-order valence-electron chi connectivity index (χ4n) is 0.831. The molecule has 0 heterocycles. The molecule has 0 aliphatic heterocycles. The summed E-state index contributed by atoms with van der Waals surface area (Å²) in [4.78, 5) is 2.48. The minimum atomic E-state index is -0.599. The van der Waals surface area contributed by atoms with E-state index in [1.165, 1.54) is 18.2 Å². The summed E-state index contributed by atoms with van der Waals surface area (Å²) in [6.45, 7) is -0.0513. The van der Waals surface area contributed by atoms with Crippen LogP contribution < -0.4 is 0 Å². The molecule has 70 valence electrons. The smallest absolute Gasteiger partial charge is 0.142 e. The van der Waals surface area contributed by atoms with Crippen LogP contribution in [0.5, 0.6) is 5.75 Å². The molecule has 0 spiro atoms. The van der Waals surface area contributed by atoms with E-state index >= 15 is 0 Å². The van der Waals surface area contributed by atoms with Crippen LogP contribution in [-0.4, -0.2) is 11.7 Å². The number of phenols is 1. The zero-order valence-electron chi connectivity index (χ0n) is 7.11. The first kappa shape index (κ1) is 9.90. The van der Waals surface area contributed by atoms with Gasteiger partial charge in [-0.3, -0.25) is 0 Å². The third-order valence-electron chi connectivity index (χ3n) is 1.42. The van der Waals surface area contributed by atoms with Crippen molar-refractivity contribution in [3.63, 3.8) is 0 Å². The van der Waals surface area contributed by atoms with Crippen molar-refractivity contribution < 1.29 is 9.50 Å². The molecule has 0 unspecified atom stereocenters. The van der Waals surface area contributed by atoms with Gasteiger partial charge >= 0.3 is 0 Å². The van der Waals surface area contributed by atoms with Gasteiger partial charge in [-0.15, -0.1) is 0 Å². The molecule has 14 heavy (non-hydrogen) atoms. The molecule has 0 aromatic heterocycles. The lowest BCUT2D eigenvalue weighted by atomic mass is 10.2. The normalized spacial score (nSPS) is 8.36. The van der Waals surface area contributed by atoms with E-state index in [2.05, 4.69) is 21.9 Å². The van der Waals surface area contributed by atoms with Crippen molar-refractivity contribution in [3.8, 4) is 17.6 Å². The Morgan fingerprint density at radius 3 is 3.00 bits per heavy atom. The lowest BCUT2D eigenvalue weighted by molar-refractivity contribution is 0.467. The zero-order chi connectivity index (χ0) is 10.4. The van der Waals surface area contributed by atoms with Crippen LogP contribution in [0, 0.1) is 17.7 Å². The van der Waals surface area contributed by atoms with E-state index in [9.17, 15) is 9.50 Å². The number of aromatic hydroxyl groups is 1. The molecular formula is C9H6FN3O. The first-order valence-electron chi connectivity index (χ1n) is 3.73. The van der Waals surface area contributed by atoms with Crippen molar-refractivity contribution in [1.82, 2.24) is 0 Å². The number of hydrogen-bond donors (Lipinski definition) is 1. The Labute approximate surface area is 79.6 Å². The van der Waals surface area contributed by atoms with Crippen molar-refractivity contribution in [2.75, 3.05) is 6.54 Å². The molecule has 0 bridgehead atoms. The maximum absolute atomic E-state index is 13.0. The predicted molar refractivity (Wildman–Crippen MR) is 49.0 cm³/mol. The van der Waals surface area contributed by atoms with E-state index in [1.807, 2.05) is 0 Å². The largest absolute Gasteiger partial charge is 0.507 e. The zero-order valence-corrected chi connectivity index (χ0v) is 7.11. The number of phenolic OH excluding ortho intramolecular Hbond substituents is 1. The maximum atomic E-state index is 13.0. The van der Waals surface area contributed by atoms with Gasteiger partial charge < -0.3 is 5.11 Å². The Hall–Kier alpha value is -2.18. The van der Waals surface area contributed by atoms with E-state index in [1.54, 1.807) is 0 Å². The summed E-state index contributed by atoms with van der Waals surface area (Å²) in [7, 11) is 0. The van der Waals surface area contributed by atoms with E-state index in [-0.39, 0.29) is 17.9 Å². The van der Waals surface area contributed by atoms with Crippen molar-refractivity contribution >= 4 is 0 Å². The van der Waals surface area contributed by atoms with Gasteiger partial charge in [-0.2, -0.15) is 0 Å². The highest BCUT2D eigenvalue weighted by Crippen LogP contribution is 2.17. The van der Waals surface area contributed by atoms with Gasteiger partial charge in [0.1, 0.15) is 17.1 Å². The van der Waals surface area contributed by atoms with Crippen LogP contribution in [0.1, 0.15) is 5.56 Å². The standard InChI is InChI=1S/C9H6FN3O/c10-8-4-1-5-9(14)7(8)3-2-6-12-13-11/h1,4-5,14H,6H2. The van der Waals surface area contributed by atoms with E-state index in [4.69, 9.17) is 5.53 Å². The van der Waals surface area contributed by atoms with Gasteiger partial charge in [-0.1, -0.05) is 23.0 Å². The molecule has 0 saturated heterocycles. The number of halogens is 1. The Morgan fingerprint density at radius 1 is 1.57 bits per heavy atom. The van der Waals surface area contributed by atoms with E-state index in [0.717, 1.165) is 0 Å². The van der Waals surface area contributed by atoms with E-state index in [0.29, 0.717) is 0 Å². The highest BCUT2D eigenvalue weighted by molar-refractivity contribution is 5.46. The molecule has 0 amide bonds. The molecule has 1 rings (SSSR count). The summed E-state index contributed by atoms with van der Waals surface area (Å²) in [6, 6.07) is 3.90. The summed E-state index contributed by atoms with van der Waals surface area (Å²) in [5.74, 6) is 3.97. The second-order valence-corrected chi connectivity index (χ2v) is 2.32. The topological polar surface area (TPSA) is 69.0 Å². The van der Waals surface area contributed by atoms with Crippen LogP contribution in [0.2, 0.25) is 0 Å². The van der Waals surface area contributed by atoms with Crippen molar-refractivity contribution in [2.45, 2.75) is 0 Å². The fraction of sp³-hybridized carbons (Fsp3) is 0.111. The van der Waals surface area contributed by atoms with Crippen LogP contribution in [-0.2, 0) is 0 Å². The maximum Gasteiger partial charge on any atom is 0.142 e. The minimum Gasteiger partial charge on any atom is -0.507 e. The molecule has 5 heteroatoms. The molecule has 0 atom stereocenters. The van der Waals surface area contributed by atoms with Crippen LogP contribution in [0.15, 0.2) is 23.3 Å². The highest BCUT2D eigenvalue weighted by atomic mass is 19.1. The fourth-order valence-corrected chi connectivity index (χ4v) is 0.831. The molecule has 1 aromatic carbocycles. The average Bonchev–Trinajstić information content (AvgIpc) is 2.16. The summed E-state index contributed by atoms with van der Waals surface area (Å²) >= 11 is 0. The van der Waals surface area contributed by atoms with Crippen LogP contribution in [0.25, 0.3) is 10.4 Å². The van der Waals surface area contributed by atoms with Gasteiger partial charge in [-0.05, 0) is 17.7 Å². The lowest BCUT2D eigenvalue weighted by Gasteiger charge is -1.96. The highest BCUT2D eigenvalue weighted by Gasteiger charge is 2.02. The minimum absolute atomic E-state index is 0.0513. The molecule has 4 nitrogen and oxygen atoms in total. The number of rotatable bonds is 1. The Morgan fingerprint density at radius 2 is 2.36 bits per heavy atom. The van der Waals surface area contributed by atoms with Gasteiger partial charge in [0.25, 0.3) is 0 Å². The first-order chi connectivity index (χ1) is 6.75. The average molecular weight is 191 g/mol. The van der Waals surface area contributed by atoms with E-state index < -0.39 is 5.82 Å². The van der Waals surface area contributed by atoms with Crippen LogP contribution >= 0.6 is 0 Å². The summed E-state index contributed by atoms with van der Waals surface area (Å²) in [5, 5.41) is 12.4. The third kappa shape index (κ3) is 2.41. The Bertz CT molecular complexity index is 421. The SMILES string of the molecule is [N-]=[N+]=NCC#Cc1c(O)cccc1F. The summed E-state index contributed by atoms with van der Waals surface area (Å²) in [5.41, 5.74) is 7.86. The van der Waals surface area contributed by atoms with Gasteiger partial charge in [0.2, 0.25) is 0 Å². The van der Waals surface area contributed by atoms with Gasteiger partial charge in [0.05, 0.1) is 6.54 Å². The third-order valence-corrected chi connectivity index (χ3v) is 1.42. The second-order valence-electron chi connectivity index (χ2n) is 2.32. The second kappa shape index (κ2) is 4.75. The Kier molecular flexibility index (Phi) is 3.36. The van der Waals surface area contributed by atoms with Gasteiger partial charge in [0.15, 0.2) is 0 Å².